The molecule has 1 aliphatic carbocycles. The first kappa shape index (κ1) is 10.0. The molecule has 3 rings (SSSR count). The number of hydrogen-bond acceptors (Lipinski definition) is 3. The summed E-state index contributed by atoms with van der Waals surface area (Å²) in [5, 5.41) is 0. The molecule has 0 aromatic carbocycles. The maximum absolute atomic E-state index is 11.6. The van der Waals surface area contributed by atoms with Gasteiger partial charge in [0.25, 0.3) is 5.56 Å². The van der Waals surface area contributed by atoms with Gasteiger partial charge in [0.2, 0.25) is 0 Å². The van der Waals surface area contributed by atoms with Gasteiger partial charge in [-0.1, -0.05) is 0 Å². The second kappa shape index (κ2) is 4.01. The minimum absolute atomic E-state index is 0.00149. The standard InChI is InChI=1S/C12H16N2O2/c15-11-7-10(8-1-2-8)13-12(14-11)9-3-5-16-6-4-9/h7-9H,1-6H2,(H,13,14,15). The van der Waals surface area contributed by atoms with E-state index in [-0.39, 0.29) is 5.56 Å². The lowest BCUT2D eigenvalue weighted by Crippen LogP contribution is -2.20. The molecule has 86 valence electrons. The molecular weight excluding hydrogens is 204 g/mol. The van der Waals surface area contributed by atoms with Crippen molar-refractivity contribution in [3.05, 3.63) is 27.9 Å². The molecule has 1 saturated heterocycles. The summed E-state index contributed by atoms with van der Waals surface area (Å²) in [5.74, 6) is 1.79. The molecule has 1 aromatic heterocycles. The van der Waals surface area contributed by atoms with E-state index in [2.05, 4.69) is 9.97 Å². The van der Waals surface area contributed by atoms with Gasteiger partial charge in [-0.05, 0) is 25.7 Å². The normalized spacial score (nSPS) is 22.2. The van der Waals surface area contributed by atoms with E-state index in [1.807, 2.05) is 0 Å². The lowest BCUT2D eigenvalue weighted by molar-refractivity contribution is 0.0835. The fraction of sp³-hybridized carbons (Fsp3) is 0.667. The minimum Gasteiger partial charge on any atom is -0.381 e. The van der Waals surface area contributed by atoms with Crippen molar-refractivity contribution < 1.29 is 4.74 Å². The largest absolute Gasteiger partial charge is 0.381 e. The Kier molecular flexibility index (Phi) is 2.52. The van der Waals surface area contributed by atoms with Crippen molar-refractivity contribution in [2.45, 2.75) is 37.5 Å². The second-order valence-electron chi connectivity index (χ2n) is 4.72. The van der Waals surface area contributed by atoms with Crippen LogP contribution in [0.3, 0.4) is 0 Å². The van der Waals surface area contributed by atoms with Gasteiger partial charge in [-0.15, -0.1) is 0 Å². The van der Waals surface area contributed by atoms with Gasteiger partial charge in [-0.2, -0.15) is 0 Å². The van der Waals surface area contributed by atoms with Crippen molar-refractivity contribution in [3.8, 4) is 0 Å². The molecule has 2 heterocycles. The molecule has 16 heavy (non-hydrogen) atoms. The van der Waals surface area contributed by atoms with Crippen LogP contribution in [0.15, 0.2) is 10.9 Å². The number of aromatic nitrogens is 2. The van der Waals surface area contributed by atoms with Crippen LogP contribution in [-0.2, 0) is 4.74 Å². The first-order valence-corrected chi connectivity index (χ1v) is 6.02. The number of hydrogen-bond donors (Lipinski definition) is 1. The summed E-state index contributed by atoms with van der Waals surface area (Å²) in [6.07, 6.45) is 4.31. The molecule has 0 amide bonds. The van der Waals surface area contributed by atoms with E-state index in [1.54, 1.807) is 6.07 Å². The van der Waals surface area contributed by atoms with Crippen LogP contribution in [0.2, 0.25) is 0 Å². The molecule has 2 aliphatic rings. The van der Waals surface area contributed by atoms with Crippen molar-refractivity contribution in [1.29, 1.82) is 0 Å². The van der Waals surface area contributed by atoms with Crippen LogP contribution in [0.5, 0.6) is 0 Å². The molecular formula is C12H16N2O2. The summed E-state index contributed by atoms with van der Waals surface area (Å²) < 4.78 is 5.32. The summed E-state index contributed by atoms with van der Waals surface area (Å²) in [6, 6.07) is 1.65. The van der Waals surface area contributed by atoms with Crippen LogP contribution in [-0.4, -0.2) is 23.2 Å². The van der Waals surface area contributed by atoms with Crippen LogP contribution >= 0.6 is 0 Å². The molecule has 2 fully saturated rings. The molecule has 1 aromatic rings. The molecule has 0 unspecified atom stereocenters. The van der Waals surface area contributed by atoms with E-state index in [9.17, 15) is 4.79 Å². The summed E-state index contributed by atoms with van der Waals surface area (Å²) in [4.78, 5) is 19.0. The topological polar surface area (TPSA) is 55.0 Å². The van der Waals surface area contributed by atoms with Crippen LogP contribution in [0.4, 0.5) is 0 Å². The van der Waals surface area contributed by atoms with Gasteiger partial charge in [0.1, 0.15) is 5.82 Å². The van der Waals surface area contributed by atoms with Crippen molar-refractivity contribution in [2.24, 2.45) is 0 Å². The monoisotopic (exact) mass is 220 g/mol. The fourth-order valence-electron chi connectivity index (χ4n) is 2.25. The highest BCUT2D eigenvalue weighted by molar-refractivity contribution is 5.15. The van der Waals surface area contributed by atoms with Crippen LogP contribution in [0.1, 0.15) is 49.0 Å². The Morgan fingerprint density at radius 3 is 2.62 bits per heavy atom. The lowest BCUT2D eigenvalue weighted by Gasteiger charge is -2.21. The summed E-state index contributed by atoms with van der Waals surface area (Å²) >= 11 is 0. The van der Waals surface area contributed by atoms with E-state index in [0.717, 1.165) is 37.6 Å². The van der Waals surface area contributed by atoms with E-state index in [1.165, 1.54) is 12.8 Å². The Labute approximate surface area is 94.1 Å². The molecule has 4 nitrogen and oxygen atoms in total. The lowest BCUT2D eigenvalue weighted by atomic mass is 9.99. The number of H-pyrrole nitrogens is 1. The summed E-state index contributed by atoms with van der Waals surface area (Å²) in [7, 11) is 0. The van der Waals surface area contributed by atoms with Gasteiger partial charge in [-0.3, -0.25) is 4.79 Å². The van der Waals surface area contributed by atoms with Crippen molar-refractivity contribution in [3.63, 3.8) is 0 Å². The average Bonchev–Trinajstić information content (AvgIpc) is 3.13. The number of aromatic amines is 1. The molecule has 0 bridgehead atoms. The van der Waals surface area contributed by atoms with Gasteiger partial charge in [0.15, 0.2) is 0 Å². The number of rotatable bonds is 2. The number of nitrogens with zero attached hydrogens (tertiary/aromatic N) is 1. The van der Waals surface area contributed by atoms with Crippen molar-refractivity contribution in [2.75, 3.05) is 13.2 Å². The summed E-state index contributed by atoms with van der Waals surface area (Å²) in [6.45, 7) is 1.56. The first-order chi connectivity index (χ1) is 7.83. The highest BCUT2D eigenvalue weighted by Gasteiger charge is 2.27. The van der Waals surface area contributed by atoms with Crippen molar-refractivity contribution >= 4 is 0 Å². The number of ether oxygens (including phenoxy) is 1. The third-order valence-electron chi connectivity index (χ3n) is 3.38. The van der Waals surface area contributed by atoms with Gasteiger partial charge in [0, 0.05) is 31.1 Å². The molecule has 1 aliphatic heterocycles. The molecule has 0 spiro atoms. The molecule has 1 N–H and O–H groups in total. The van der Waals surface area contributed by atoms with E-state index < -0.39 is 0 Å². The Balaban J connectivity index is 1.89. The van der Waals surface area contributed by atoms with Crippen LogP contribution < -0.4 is 5.56 Å². The Hall–Kier alpha value is -1.16. The van der Waals surface area contributed by atoms with Crippen LogP contribution in [0.25, 0.3) is 0 Å². The first-order valence-electron chi connectivity index (χ1n) is 6.02. The third kappa shape index (κ3) is 2.02. The molecule has 0 radical (unpaired) electrons. The predicted octanol–water partition coefficient (Wildman–Crippen LogP) is 1.54. The van der Waals surface area contributed by atoms with Gasteiger partial charge in [-0.25, -0.2) is 4.98 Å². The zero-order chi connectivity index (χ0) is 11.0. The minimum atomic E-state index is -0.00149. The van der Waals surface area contributed by atoms with Crippen LogP contribution in [0, 0.1) is 0 Å². The zero-order valence-electron chi connectivity index (χ0n) is 9.24. The van der Waals surface area contributed by atoms with E-state index in [0.29, 0.717) is 11.8 Å². The second-order valence-corrected chi connectivity index (χ2v) is 4.72. The quantitative estimate of drug-likeness (QED) is 0.822. The number of nitrogens with one attached hydrogen (secondary N) is 1. The van der Waals surface area contributed by atoms with E-state index >= 15 is 0 Å². The van der Waals surface area contributed by atoms with E-state index in [4.69, 9.17) is 4.74 Å². The third-order valence-corrected chi connectivity index (χ3v) is 3.38. The smallest absolute Gasteiger partial charge is 0.251 e. The highest BCUT2D eigenvalue weighted by Crippen LogP contribution is 2.38. The zero-order valence-corrected chi connectivity index (χ0v) is 9.24. The van der Waals surface area contributed by atoms with Gasteiger partial charge >= 0.3 is 0 Å². The average molecular weight is 220 g/mol. The van der Waals surface area contributed by atoms with Gasteiger partial charge < -0.3 is 9.72 Å². The van der Waals surface area contributed by atoms with Crippen molar-refractivity contribution in [1.82, 2.24) is 9.97 Å². The Morgan fingerprint density at radius 1 is 1.19 bits per heavy atom. The Morgan fingerprint density at radius 2 is 1.94 bits per heavy atom. The maximum Gasteiger partial charge on any atom is 0.251 e. The maximum atomic E-state index is 11.6. The molecule has 0 atom stereocenters. The molecule has 4 heteroatoms. The predicted molar refractivity (Wildman–Crippen MR) is 59.6 cm³/mol. The molecule has 1 saturated carbocycles. The van der Waals surface area contributed by atoms with Gasteiger partial charge in [0.05, 0.1) is 5.69 Å². The fourth-order valence-corrected chi connectivity index (χ4v) is 2.25. The Bertz CT molecular complexity index is 431. The summed E-state index contributed by atoms with van der Waals surface area (Å²) in [5.41, 5.74) is 0.989. The SMILES string of the molecule is O=c1cc(C2CC2)nc(C2CCOCC2)[nH]1. The highest BCUT2D eigenvalue weighted by atomic mass is 16.5.